The number of β-amino-alcohol motifs (C(OH)–C–C–N with tert-alkyl or cyclic N) is 1. The van der Waals surface area contributed by atoms with Crippen molar-refractivity contribution in [2.24, 2.45) is 0 Å². The molecule has 1 aromatic carbocycles. The summed E-state index contributed by atoms with van der Waals surface area (Å²) in [4.78, 5) is 14.1. The van der Waals surface area contributed by atoms with Crippen molar-refractivity contribution < 1.29 is 9.90 Å². The number of likely N-dealkylation sites (tertiary alicyclic amines) is 1. The SMILES string of the molecule is CC(C(=O)N1CCCC(O)C1)c1cccc(N)c1. The molecule has 98 valence electrons. The van der Waals surface area contributed by atoms with Gasteiger partial charge in [0.15, 0.2) is 0 Å². The van der Waals surface area contributed by atoms with Crippen LogP contribution in [0.2, 0.25) is 0 Å². The van der Waals surface area contributed by atoms with Crippen molar-refractivity contribution in [2.45, 2.75) is 31.8 Å². The zero-order valence-electron chi connectivity index (χ0n) is 10.7. The summed E-state index contributed by atoms with van der Waals surface area (Å²) in [6.45, 7) is 3.08. The molecule has 1 heterocycles. The van der Waals surface area contributed by atoms with E-state index in [1.807, 2.05) is 31.2 Å². The standard InChI is InChI=1S/C14H20N2O2/c1-10(11-4-2-5-12(15)8-11)14(18)16-7-3-6-13(17)9-16/h2,4-5,8,10,13,17H,3,6-7,9,15H2,1H3. The van der Waals surface area contributed by atoms with Crippen LogP contribution in [-0.2, 0) is 4.79 Å². The number of piperidine rings is 1. The maximum atomic E-state index is 12.3. The first-order valence-electron chi connectivity index (χ1n) is 6.40. The number of rotatable bonds is 2. The highest BCUT2D eigenvalue weighted by molar-refractivity contribution is 5.83. The summed E-state index contributed by atoms with van der Waals surface area (Å²) in [7, 11) is 0. The van der Waals surface area contributed by atoms with Crippen LogP contribution in [0.25, 0.3) is 0 Å². The molecular weight excluding hydrogens is 228 g/mol. The van der Waals surface area contributed by atoms with Gasteiger partial charge < -0.3 is 15.7 Å². The Labute approximate surface area is 107 Å². The maximum absolute atomic E-state index is 12.3. The van der Waals surface area contributed by atoms with E-state index in [4.69, 9.17) is 5.73 Å². The van der Waals surface area contributed by atoms with E-state index in [0.717, 1.165) is 24.9 Å². The molecule has 18 heavy (non-hydrogen) atoms. The second kappa shape index (κ2) is 5.40. The van der Waals surface area contributed by atoms with E-state index in [9.17, 15) is 9.90 Å². The molecule has 4 heteroatoms. The molecule has 1 aliphatic heterocycles. The Balaban J connectivity index is 2.08. The van der Waals surface area contributed by atoms with Crippen molar-refractivity contribution in [1.29, 1.82) is 0 Å². The minimum Gasteiger partial charge on any atom is -0.399 e. The molecule has 1 aliphatic rings. The summed E-state index contributed by atoms with van der Waals surface area (Å²) >= 11 is 0. The molecule has 2 unspecified atom stereocenters. The summed E-state index contributed by atoms with van der Waals surface area (Å²) in [5.41, 5.74) is 7.33. The van der Waals surface area contributed by atoms with Crippen LogP contribution in [-0.4, -0.2) is 35.1 Å². The zero-order valence-corrected chi connectivity index (χ0v) is 10.7. The number of hydrogen-bond donors (Lipinski definition) is 2. The lowest BCUT2D eigenvalue weighted by Gasteiger charge is -2.32. The van der Waals surface area contributed by atoms with E-state index in [0.29, 0.717) is 12.2 Å². The fourth-order valence-corrected chi connectivity index (χ4v) is 2.40. The number of amides is 1. The van der Waals surface area contributed by atoms with E-state index < -0.39 is 0 Å². The molecule has 1 saturated heterocycles. The van der Waals surface area contributed by atoms with Crippen LogP contribution in [0.4, 0.5) is 5.69 Å². The summed E-state index contributed by atoms with van der Waals surface area (Å²) in [6.07, 6.45) is 1.28. The van der Waals surface area contributed by atoms with Gasteiger partial charge in [0.25, 0.3) is 0 Å². The first-order valence-corrected chi connectivity index (χ1v) is 6.40. The summed E-state index contributed by atoms with van der Waals surface area (Å²) < 4.78 is 0. The van der Waals surface area contributed by atoms with E-state index in [-0.39, 0.29) is 17.9 Å². The number of anilines is 1. The molecule has 0 aromatic heterocycles. The van der Waals surface area contributed by atoms with Gasteiger partial charge in [0.05, 0.1) is 12.0 Å². The van der Waals surface area contributed by atoms with Crippen molar-refractivity contribution in [3.8, 4) is 0 Å². The third kappa shape index (κ3) is 2.82. The molecule has 2 rings (SSSR count). The number of aliphatic hydroxyl groups excluding tert-OH is 1. The molecule has 0 saturated carbocycles. The average molecular weight is 248 g/mol. The Morgan fingerprint density at radius 2 is 2.33 bits per heavy atom. The van der Waals surface area contributed by atoms with Crippen molar-refractivity contribution in [2.75, 3.05) is 18.8 Å². The number of aliphatic hydroxyl groups is 1. The topological polar surface area (TPSA) is 66.6 Å². The van der Waals surface area contributed by atoms with Crippen LogP contribution in [0.3, 0.4) is 0 Å². The molecule has 1 aromatic rings. The molecule has 1 amide bonds. The fourth-order valence-electron chi connectivity index (χ4n) is 2.40. The van der Waals surface area contributed by atoms with Crippen LogP contribution in [0.5, 0.6) is 0 Å². The number of hydrogen-bond acceptors (Lipinski definition) is 3. The van der Waals surface area contributed by atoms with E-state index in [1.165, 1.54) is 0 Å². The lowest BCUT2D eigenvalue weighted by atomic mass is 9.97. The summed E-state index contributed by atoms with van der Waals surface area (Å²) in [5, 5.41) is 9.61. The van der Waals surface area contributed by atoms with Gasteiger partial charge in [-0.05, 0) is 37.5 Å². The Bertz CT molecular complexity index is 434. The number of carbonyl (C=O) groups excluding carboxylic acids is 1. The van der Waals surface area contributed by atoms with Gasteiger partial charge in [0.2, 0.25) is 5.91 Å². The predicted molar refractivity (Wildman–Crippen MR) is 71.1 cm³/mol. The number of benzene rings is 1. The van der Waals surface area contributed by atoms with Crippen molar-refractivity contribution in [3.63, 3.8) is 0 Å². The Morgan fingerprint density at radius 1 is 1.56 bits per heavy atom. The van der Waals surface area contributed by atoms with Gasteiger partial charge in [-0.1, -0.05) is 12.1 Å². The number of carbonyl (C=O) groups is 1. The molecule has 2 atom stereocenters. The third-order valence-electron chi connectivity index (χ3n) is 3.49. The molecule has 0 bridgehead atoms. The number of nitrogens with two attached hydrogens (primary N) is 1. The number of nitrogens with zero attached hydrogens (tertiary/aromatic N) is 1. The zero-order chi connectivity index (χ0) is 13.1. The van der Waals surface area contributed by atoms with Crippen molar-refractivity contribution in [1.82, 2.24) is 4.90 Å². The lowest BCUT2D eigenvalue weighted by Crippen LogP contribution is -2.43. The molecule has 4 nitrogen and oxygen atoms in total. The Hall–Kier alpha value is -1.55. The minimum absolute atomic E-state index is 0.0688. The maximum Gasteiger partial charge on any atom is 0.229 e. The van der Waals surface area contributed by atoms with Crippen LogP contribution in [0.15, 0.2) is 24.3 Å². The Morgan fingerprint density at radius 3 is 3.00 bits per heavy atom. The van der Waals surface area contributed by atoms with Crippen LogP contribution in [0.1, 0.15) is 31.2 Å². The van der Waals surface area contributed by atoms with Gasteiger partial charge in [0, 0.05) is 18.8 Å². The van der Waals surface area contributed by atoms with Gasteiger partial charge >= 0.3 is 0 Å². The van der Waals surface area contributed by atoms with Gasteiger partial charge in [-0.3, -0.25) is 4.79 Å². The first-order chi connectivity index (χ1) is 8.58. The summed E-state index contributed by atoms with van der Waals surface area (Å²) in [6, 6.07) is 7.42. The highest BCUT2D eigenvalue weighted by atomic mass is 16.3. The highest BCUT2D eigenvalue weighted by Gasteiger charge is 2.26. The fraction of sp³-hybridized carbons (Fsp3) is 0.500. The summed E-state index contributed by atoms with van der Waals surface area (Å²) in [5.74, 6) is -0.141. The van der Waals surface area contributed by atoms with Crippen LogP contribution >= 0.6 is 0 Å². The third-order valence-corrected chi connectivity index (χ3v) is 3.49. The smallest absolute Gasteiger partial charge is 0.229 e. The van der Waals surface area contributed by atoms with E-state index in [2.05, 4.69) is 0 Å². The highest BCUT2D eigenvalue weighted by Crippen LogP contribution is 2.22. The molecular formula is C14H20N2O2. The van der Waals surface area contributed by atoms with Gasteiger partial charge in [0.1, 0.15) is 0 Å². The Kier molecular flexibility index (Phi) is 3.87. The molecule has 0 spiro atoms. The van der Waals surface area contributed by atoms with Crippen LogP contribution in [0, 0.1) is 0 Å². The lowest BCUT2D eigenvalue weighted by molar-refractivity contribution is -0.135. The van der Waals surface area contributed by atoms with Gasteiger partial charge in [-0.15, -0.1) is 0 Å². The van der Waals surface area contributed by atoms with Crippen LogP contribution < -0.4 is 5.73 Å². The second-order valence-electron chi connectivity index (χ2n) is 4.97. The van der Waals surface area contributed by atoms with E-state index >= 15 is 0 Å². The van der Waals surface area contributed by atoms with E-state index in [1.54, 1.807) is 4.90 Å². The minimum atomic E-state index is -0.379. The molecule has 0 radical (unpaired) electrons. The number of nitrogen functional groups attached to an aromatic ring is 1. The largest absolute Gasteiger partial charge is 0.399 e. The van der Waals surface area contributed by atoms with Crippen molar-refractivity contribution in [3.05, 3.63) is 29.8 Å². The quantitative estimate of drug-likeness (QED) is 0.776. The molecule has 0 aliphatic carbocycles. The normalized spacial score (nSPS) is 21.7. The van der Waals surface area contributed by atoms with Gasteiger partial charge in [-0.2, -0.15) is 0 Å². The van der Waals surface area contributed by atoms with Gasteiger partial charge in [-0.25, -0.2) is 0 Å². The predicted octanol–water partition coefficient (Wildman–Crippen LogP) is 1.36. The molecule has 1 fully saturated rings. The average Bonchev–Trinajstić information content (AvgIpc) is 2.37. The van der Waals surface area contributed by atoms with Crippen molar-refractivity contribution >= 4 is 11.6 Å². The molecule has 3 N–H and O–H groups in total. The second-order valence-corrected chi connectivity index (χ2v) is 4.97. The first kappa shape index (κ1) is 12.9. The monoisotopic (exact) mass is 248 g/mol.